The zero-order valence-corrected chi connectivity index (χ0v) is 10.9. The van der Waals surface area contributed by atoms with Gasteiger partial charge < -0.3 is 4.98 Å². The van der Waals surface area contributed by atoms with Gasteiger partial charge in [0.05, 0.1) is 0 Å². The Hall–Kier alpha value is -1.90. The van der Waals surface area contributed by atoms with Gasteiger partial charge in [-0.1, -0.05) is 43.2 Å². The van der Waals surface area contributed by atoms with Gasteiger partial charge >= 0.3 is 0 Å². The Morgan fingerprint density at radius 1 is 1.28 bits per heavy atom. The molecule has 0 aliphatic carbocycles. The monoisotopic (exact) mass is 242 g/mol. The summed E-state index contributed by atoms with van der Waals surface area (Å²) >= 11 is 0. The number of aromatic amines is 1. The minimum absolute atomic E-state index is 0.0592. The third-order valence-corrected chi connectivity index (χ3v) is 2.80. The van der Waals surface area contributed by atoms with Gasteiger partial charge in [-0.15, -0.1) is 0 Å². The van der Waals surface area contributed by atoms with Crippen LogP contribution in [0.4, 0.5) is 0 Å². The standard InChI is InChI=1S/C15H18N2O/c1-3-5-13-10-15(18)17-14(16-13)9-12-7-4-6-11(2)8-12/h4,6-8,10H,3,5,9H2,1-2H3,(H,16,17,18). The Kier molecular flexibility index (Phi) is 3.92. The average Bonchev–Trinajstić information content (AvgIpc) is 2.28. The fraction of sp³-hybridized carbons (Fsp3) is 0.333. The molecule has 0 spiro atoms. The maximum atomic E-state index is 11.5. The molecule has 3 heteroatoms. The highest BCUT2D eigenvalue weighted by molar-refractivity contribution is 5.25. The average molecular weight is 242 g/mol. The van der Waals surface area contributed by atoms with Gasteiger partial charge in [0.25, 0.3) is 5.56 Å². The first-order chi connectivity index (χ1) is 8.67. The number of benzene rings is 1. The molecule has 0 unspecified atom stereocenters. The second kappa shape index (κ2) is 5.63. The van der Waals surface area contributed by atoms with Gasteiger partial charge in [0.1, 0.15) is 5.82 Å². The van der Waals surface area contributed by atoms with Crippen LogP contribution in [-0.4, -0.2) is 9.97 Å². The Morgan fingerprint density at radius 2 is 2.11 bits per heavy atom. The Morgan fingerprint density at radius 3 is 2.83 bits per heavy atom. The molecule has 3 nitrogen and oxygen atoms in total. The second-order valence-corrected chi connectivity index (χ2v) is 4.60. The van der Waals surface area contributed by atoms with Crippen molar-refractivity contribution in [3.05, 3.63) is 63.3 Å². The summed E-state index contributed by atoms with van der Waals surface area (Å²) in [5.41, 5.74) is 3.21. The fourth-order valence-corrected chi connectivity index (χ4v) is 2.05. The van der Waals surface area contributed by atoms with Crippen molar-refractivity contribution in [2.24, 2.45) is 0 Å². The number of aryl methyl sites for hydroxylation is 2. The van der Waals surface area contributed by atoms with E-state index in [1.54, 1.807) is 6.07 Å². The second-order valence-electron chi connectivity index (χ2n) is 4.60. The van der Waals surface area contributed by atoms with E-state index in [0.29, 0.717) is 6.42 Å². The fourth-order valence-electron chi connectivity index (χ4n) is 2.05. The van der Waals surface area contributed by atoms with Gasteiger partial charge in [-0.3, -0.25) is 4.79 Å². The van der Waals surface area contributed by atoms with Crippen LogP contribution in [0.3, 0.4) is 0 Å². The first-order valence-electron chi connectivity index (χ1n) is 6.32. The first-order valence-corrected chi connectivity index (χ1v) is 6.32. The van der Waals surface area contributed by atoms with Crippen molar-refractivity contribution in [2.75, 3.05) is 0 Å². The van der Waals surface area contributed by atoms with Crippen molar-refractivity contribution in [3.8, 4) is 0 Å². The van der Waals surface area contributed by atoms with Gasteiger partial charge in [-0.05, 0) is 18.9 Å². The predicted molar refractivity (Wildman–Crippen MR) is 72.8 cm³/mol. The Labute approximate surface area is 107 Å². The molecule has 0 fully saturated rings. The number of nitrogens with zero attached hydrogens (tertiary/aromatic N) is 1. The lowest BCUT2D eigenvalue weighted by molar-refractivity contribution is 0.832. The molecule has 2 rings (SSSR count). The van der Waals surface area contributed by atoms with Crippen LogP contribution >= 0.6 is 0 Å². The summed E-state index contributed by atoms with van der Waals surface area (Å²) < 4.78 is 0. The predicted octanol–water partition coefficient (Wildman–Crippen LogP) is 2.62. The van der Waals surface area contributed by atoms with Crippen molar-refractivity contribution in [3.63, 3.8) is 0 Å². The van der Waals surface area contributed by atoms with Crippen LogP contribution in [0.25, 0.3) is 0 Å². The summed E-state index contributed by atoms with van der Waals surface area (Å²) in [5, 5.41) is 0. The van der Waals surface area contributed by atoms with Crippen LogP contribution in [0.5, 0.6) is 0 Å². The van der Waals surface area contributed by atoms with Crippen LogP contribution in [0.15, 0.2) is 35.1 Å². The van der Waals surface area contributed by atoms with E-state index in [-0.39, 0.29) is 5.56 Å². The van der Waals surface area contributed by atoms with Crippen LogP contribution < -0.4 is 5.56 Å². The molecule has 94 valence electrons. The van der Waals surface area contributed by atoms with E-state index in [1.807, 2.05) is 6.07 Å². The molecule has 0 bridgehead atoms. The Balaban J connectivity index is 2.26. The van der Waals surface area contributed by atoms with E-state index in [1.165, 1.54) is 11.1 Å². The minimum atomic E-state index is -0.0592. The maximum Gasteiger partial charge on any atom is 0.251 e. The smallest absolute Gasteiger partial charge is 0.251 e. The SMILES string of the molecule is CCCc1cc(=O)[nH]c(Cc2cccc(C)c2)n1. The first kappa shape index (κ1) is 12.6. The molecule has 1 aromatic heterocycles. The molecule has 1 N–H and O–H groups in total. The molecule has 0 radical (unpaired) electrons. The lowest BCUT2D eigenvalue weighted by Gasteiger charge is -2.04. The zero-order valence-electron chi connectivity index (χ0n) is 10.9. The van der Waals surface area contributed by atoms with Gasteiger partial charge in [0.15, 0.2) is 0 Å². The van der Waals surface area contributed by atoms with Crippen LogP contribution in [0, 0.1) is 6.92 Å². The lowest BCUT2D eigenvalue weighted by Crippen LogP contribution is -2.13. The van der Waals surface area contributed by atoms with Crippen molar-refractivity contribution < 1.29 is 0 Å². The Bertz CT molecular complexity index is 587. The number of nitrogens with one attached hydrogen (secondary N) is 1. The third kappa shape index (κ3) is 3.29. The summed E-state index contributed by atoms with van der Waals surface area (Å²) in [6.07, 6.45) is 2.53. The van der Waals surface area contributed by atoms with Crippen LogP contribution in [0.2, 0.25) is 0 Å². The number of hydrogen-bond acceptors (Lipinski definition) is 2. The molecular formula is C15H18N2O. The van der Waals surface area contributed by atoms with Gasteiger partial charge in [0.2, 0.25) is 0 Å². The van der Waals surface area contributed by atoms with Gasteiger partial charge in [-0.2, -0.15) is 0 Å². The minimum Gasteiger partial charge on any atom is -0.310 e. The number of H-pyrrole nitrogens is 1. The topological polar surface area (TPSA) is 45.8 Å². The summed E-state index contributed by atoms with van der Waals surface area (Å²) in [5.74, 6) is 0.747. The molecule has 0 aliphatic heterocycles. The summed E-state index contributed by atoms with van der Waals surface area (Å²) in [6, 6.07) is 9.85. The molecule has 1 aromatic carbocycles. The highest BCUT2D eigenvalue weighted by Gasteiger charge is 2.02. The third-order valence-electron chi connectivity index (χ3n) is 2.80. The zero-order chi connectivity index (χ0) is 13.0. The summed E-state index contributed by atoms with van der Waals surface area (Å²) in [6.45, 7) is 4.15. The number of aromatic nitrogens is 2. The normalized spacial score (nSPS) is 10.6. The van der Waals surface area contributed by atoms with Crippen LogP contribution in [-0.2, 0) is 12.8 Å². The van der Waals surface area contributed by atoms with Crippen molar-refractivity contribution in [1.29, 1.82) is 0 Å². The highest BCUT2D eigenvalue weighted by Crippen LogP contribution is 2.08. The molecule has 2 aromatic rings. The molecule has 0 atom stereocenters. The van der Waals surface area contributed by atoms with E-state index < -0.39 is 0 Å². The molecule has 0 saturated heterocycles. The molecular weight excluding hydrogens is 224 g/mol. The van der Waals surface area contributed by atoms with Gasteiger partial charge in [0, 0.05) is 18.2 Å². The lowest BCUT2D eigenvalue weighted by atomic mass is 10.1. The molecule has 0 amide bonds. The molecule has 0 saturated carbocycles. The van der Waals surface area contributed by atoms with E-state index in [0.717, 1.165) is 24.4 Å². The largest absolute Gasteiger partial charge is 0.310 e. The van der Waals surface area contributed by atoms with Crippen molar-refractivity contribution in [1.82, 2.24) is 9.97 Å². The van der Waals surface area contributed by atoms with Crippen molar-refractivity contribution >= 4 is 0 Å². The molecule has 18 heavy (non-hydrogen) atoms. The number of rotatable bonds is 4. The quantitative estimate of drug-likeness (QED) is 0.895. The van der Waals surface area contributed by atoms with Crippen molar-refractivity contribution in [2.45, 2.75) is 33.1 Å². The van der Waals surface area contributed by atoms with E-state index in [2.05, 4.69) is 42.0 Å². The van der Waals surface area contributed by atoms with Crippen LogP contribution in [0.1, 0.15) is 36.0 Å². The molecule has 0 aliphatic rings. The summed E-state index contributed by atoms with van der Waals surface area (Å²) in [4.78, 5) is 18.8. The molecule has 1 heterocycles. The van der Waals surface area contributed by atoms with E-state index in [9.17, 15) is 4.79 Å². The maximum absolute atomic E-state index is 11.5. The summed E-state index contributed by atoms with van der Waals surface area (Å²) in [7, 11) is 0. The highest BCUT2D eigenvalue weighted by atomic mass is 16.1. The van der Waals surface area contributed by atoms with E-state index >= 15 is 0 Å². The number of hydrogen-bond donors (Lipinski definition) is 1. The van der Waals surface area contributed by atoms with E-state index in [4.69, 9.17) is 0 Å². The van der Waals surface area contributed by atoms with Gasteiger partial charge in [-0.25, -0.2) is 4.98 Å².